The molecule has 0 aromatic heterocycles. The van der Waals surface area contributed by atoms with Crippen LogP contribution in [0.4, 0.5) is 0 Å². The fourth-order valence-electron chi connectivity index (χ4n) is 1.30. The lowest BCUT2D eigenvalue weighted by atomic mass is 10.1. The van der Waals surface area contributed by atoms with E-state index < -0.39 is 11.8 Å². The third-order valence-electron chi connectivity index (χ3n) is 2.31. The summed E-state index contributed by atoms with van der Waals surface area (Å²) >= 11 is 0. The van der Waals surface area contributed by atoms with Crippen molar-refractivity contribution < 1.29 is 9.59 Å². The molecule has 1 rings (SSSR count). The molecule has 0 bridgehead atoms. The molecular weight excluding hydrogens is 230 g/mol. The molecule has 0 aliphatic rings. The number of amides is 2. The molecule has 1 aromatic carbocycles. The smallest absolute Gasteiger partial charge is 0.329 e. The maximum Gasteiger partial charge on any atom is 0.329 e. The Balaban J connectivity index is 2.49. The summed E-state index contributed by atoms with van der Waals surface area (Å²) < 4.78 is 0. The van der Waals surface area contributed by atoms with Gasteiger partial charge in [0.2, 0.25) is 0 Å². The van der Waals surface area contributed by atoms with Gasteiger partial charge < -0.3 is 5.32 Å². The number of hydrogen-bond acceptors (Lipinski definition) is 3. The molecule has 0 atom stereocenters. The van der Waals surface area contributed by atoms with Gasteiger partial charge in [-0.1, -0.05) is 31.2 Å². The maximum absolute atomic E-state index is 11.2. The molecule has 5 nitrogen and oxygen atoms in total. The highest BCUT2D eigenvalue weighted by Crippen LogP contribution is 2.02. The lowest BCUT2D eigenvalue weighted by Gasteiger charge is -2.00. The number of nitrogens with one attached hydrogen (secondary N) is 2. The van der Waals surface area contributed by atoms with E-state index in [-0.39, 0.29) is 0 Å². The van der Waals surface area contributed by atoms with Gasteiger partial charge in [0.05, 0.1) is 6.21 Å². The lowest BCUT2D eigenvalue weighted by molar-refractivity contribution is -0.139. The molecule has 0 saturated heterocycles. The Morgan fingerprint density at radius 3 is 2.39 bits per heavy atom. The summed E-state index contributed by atoms with van der Waals surface area (Å²) in [6, 6.07) is 7.79. The van der Waals surface area contributed by atoms with Crippen molar-refractivity contribution in [1.82, 2.24) is 10.7 Å². The van der Waals surface area contributed by atoms with Crippen LogP contribution in [0.1, 0.15) is 25.0 Å². The van der Waals surface area contributed by atoms with Gasteiger partial charge in [0, 0.05) is 6.54 Å². The van der Waals surface area contributed by atoms with E-state index in [1.165, 1.54) is 11.8 Å². The molecule has 0 heterocycles. The van der Waals surface area contributed by atoms with Crippen LogP contribution in [0, 0.1) is 0 Å². The van der Waals surface area contributed by atoms with Crippen molar-refractivity contribution in [3.63, 3.8) is 0 Å². The van der Waals surface area contributed by atoms with Gasteiger partial charge in [-0.3, -0.25) is 9.59 Å². The minimum absolute atomic E-state index is 0.411. The Hall–Kier alpha value is -2.17. The zero-order valence-corrected chi connectivity index (χ0v) is 10.6. The Labute approximate surface area is 106 Å². The van der Waals surface area contributed by atoms with Crippen LogP contribution in [-0.2, 0) is 16.0 Å². The SMILES string of the molecule is CCNC(=O)C(=O)N/N=C\c1ccc(CC)cc1. The molecule has 0 aliphatic carbocycles. The summed E-state index contributed by atoms with van der Waals surface area (Å²) in [6.45, 7) is 4.23. The average molecular weight is 247 g/mol. The van der Waals surface area contributed by atoms with Gasteiger partial charge in [0.25, 0.3) is 0 Å². The minimum atomic E-state index is -0.765. The van der Waals surface area contributed by atoms with Crippen LogP contribution in [-0.4, -0.2) is 24.6 Å². The van der Waals surface area contributed by atoms with E-state index in [0.717, 1.165) is 12.0 Å². The number of hydrogen-bond donors (Lipinski definition) is 2. The molecule has 2 N–H and O–H groups in total. The number of aryl methyl sites for hydroxylation is 1. The fourth-order valence-corrected chi connectivity index (χ4v) is 1.30. The molecule has 0 spiro atoms. The summed E-state index contributed by atoms with van der Waals surface area (Å²) in [6.07, 6.45) is 2.47. The average Bonchev–Trinajstić information content (AvgIpc) is 2.39. The Morgan fingerprint density at radius 1 is 1.17 bits per heavy atom. The van der Waals surface area contributed by atoms with Crippen LogP contribution in [0.5, 0.6) is 0 Å². The Kier molecular flexibility index (Phi) is 5.57. The number of benzene rings is 1. The van der Waals surface area contributed by atoms with Crippen molar-refractivity contribution in [3.05, 3.63) is 35.4 Å². The van der Waals surface area contributed by atoms with Crippen molar-refractivity contribution in [3.8, 4) is 0 Å². The van der Waals surface area contributed by atoms with E-state index in [4.69, 9.17) is 0 Å². The van der Waals surface area contributed by atoms with E-state index in [9.17, 15) is 9.59 Å². The van der Waals surface area contributed by atoms with Crippen LogP contribution < -0.4 is 10.7 Å². The summed E-state index contributed by atoms with van der Waals surface area (Å²) in [5.74, 6) is -1.45. The Bertz CT molecular complexity index is 438. The molecule has 0 saturated carbocycles. The minimum Gasteiger partial charge on any atom is -0.348 e. The summed E-state index contributed by atoms with van der Waals surface area (Å²) in [4.78, 5) is 22.3. The maximum atomic E-state index is 11.2. The normalized spacial score (nSPS) is 10.3. The standard InChI is InChI=1S/C13H17N3O2/c1-3-10-5-7-11(8-6-10)9-15-16-13(18)12(17)14-4-2/h5-9H,3-4H2,1-2H3,(H,14,17)(H,16,18)/b15-9-. The first kappa shape index (κ1) is 13.9. The molecule has 0 unspecified atom stereocenters. The molecule has 96 valence electrons. The van der Waals surface area contributed by atoms with Gasteiger partial charge in [0.15, 0.2) is 0 Å². The van der Waals surface area contributed by atoms with Crippen molar-refractivity contribution >= 4 is 18.0 Å². The van der Waals surface area contributed by atoms with Crippen molar-refractivity contribution in [2.75, 3.05) is 6.54 Å². The van der Waals surface area contributed by atoms with E-state index in [2.05, 4.69) is 22.8 Å². The first-order valence-corrected chi connectivity index (χ1v) is 5.87. The topological polar surface area (TPSA) is 70.6 Å². The third-order valence-corrected chi connectivity index (χ3v) is 2.31. The quantitative estimate of drug-likeness (QED) is 0.470. The van der Waals surface area contributed by atoms with Crippen molar-refractivity contribution in [1.29, 1.82) is 0 Å². The largest absolute Gasteiger partial charge is 0.348 e. The first-order valence-electron chi connectivity index (χ1n) is 5.87. The highest BCUT2D eigenvalue weighted by atomic mass is 16.2. The number of nitrogens with zero attached hydrogens (tertiary/aromatic N) is 1. The number of carbonyl (C=O) groups excluding carboxylic acids is 2. The van der Waals surface area contributed by atoms with Gasteiger partial charge in [0.1, 0.15) is 0 Å². The highest BCUT2D eigenvalue weighted by molar-refractivity contribution is 6.35. The zero-order chi connectivity index (χ0) is 13.4. The van der Waals surface area contributed by atoms with E-state index in [0.29, 0.717) is 6.54 Å². The van der Waals surface area contributed by atoms with E-state index >= 15 is 0 Å². The molecule has 5 heteroatoms. The van der Waals surface area contributed by atoms with Gasteiger partial charge in [-0.15, -0.1) is 0 Å². The van der Waals surface area contributed by atoms with Gasteiger partial charge in [-0.25, -0.2) is 5.43 Å². The molecule has 0 aliphatic heterocycles. The number of hydrazone groups is 1. The third kappa shape index (κ3) is 4.37. The molecular formula is C13H17N3O2. The number of rotatable bonds is 4. The molecule has 0 radical (unpaired) electrons. The second-order valence-corrected chi connectivity index (χ2v) is 3.65. The van der Waals surface area contributed by atoms with Crippen LogP contribution in [0.2, 0.25) is 0 Å². The van der Waals surface area contributed by atoms with Crippen molar-refractivity contribution in [2.24, 2.45) is 5.10 Å². The van der Waals surface area contributed by atoms with Gasteiger partial charge in [-0.2, -0.15) is 5.10 Å². The lowest BCUT2D eigenvalue weighted by Crippen LogP contribution is -2.37. The molecule has 2 amide bonds. The van der Waals surface area contributed by atoms with Crippen LogP contribution in [0.15, 0.2) is 29.4 Å². The fraction of sp³-hybridized carbons (Fsp3) is 0.308. The van der Waals surface area contributed by atoms with E-state index in [1.54, 1.807) is 6.92 Å². The number of likely N-dealkylation sites (N-methyl/N-ethyl adjacent to an activating group) is 1. The first-order chi connectivity index (χ1) is 8.67. The highest BCUT2D eigenvalue weighted by Gasteiger charge is 2.09. The van der Waals surface area contributed by atoms with E-state index in [1.807, 2.05) is 24.3 Å². The van der Waals surface area contributed by atoms with Crippen LogP contribution >= 0.6 is 0 Å². The molecule has 0 fully saturated rings. The second-order valence-electron chi connectivity index (χ2n) is 3.65. The summed E-state index contributed by atoms with van der Waals surface area (Å²) in [5, 5.41) is 6.10. The number of carbonyl (C=O) groups is 2. The predicted octanol–water partition coefficient (Wildman–Crippen LogP) is 0.835. The summed E-state index contributed by atoms with van der Waals surface area (Å²) in [5.41, 5.74) is 4.26. The van der Waals surface area contributed by atoms with Gasteiger partial charge in [-0.05, 0) is 24.5 Å². The molecule has 18 heavy (non-hydrogen) atoms. The Morgan fingerprint density at radius 2 is 1.83 bits per heavy atom. The zero-order valence-electron chi connectivity index (χ0n) is 10.6. The second kappa shape index (κ2) is 7.21. The van der Waals surface area contributed by atoms with Crippen LogP contribution in [0.25, 0.3) is 0 Å². The predicted molar refractivity (Wildman–Crippen MR) is 70.2 cm³/mol. The summed E-state index contributed by atoms with van der Waals surface area (Å²) in [7, 11) is 0. The monoisotopic (exact) mass is 247 g/mol. The van der Waals surface area contributed by atoms with Gasteiger partial charge >= 0.3 is 11.8 Å². The van der Waals surface area contributed by atoms with Crippen molar-refractivity contribution in [2.45, 2.75) is 20.3 Å². The van der Waals surface area contributed by atoms with Crippen LogP contribution in [0.3, 0.4) is 0 Å². The molecule has 1 aromatic rings.